The van der Waals surface area contributed by atoms with Gasteiger partial charge in [0.05, 0.1) is 0 Å². The number of rotatable bonds is 4. The Bertz CT molecular complexity index is 559. The maximum atomic E-state index is 11.6. The van der Waals surface area contributed by atoms with Crippen molar-refractivity contribution in [3.05, 3.63) is 59.4 Å². The smallest absolute Gasteiger partial charge is 0.355 e. The highest BCUT2D eigenvalue weighted by Crippen LogP contribution is 2.06. The van der Waals surface area contributed by atoms with E-state index < -0.39 is 11.9 Å². The highest BCUT2D eigenvalue weighted by Gasteiger charge is 2.12. The number of H-pyrrole nitrogens is 1. The standard InChI is InChI=1S/C13H11NO4/c15-12(16)10-6-7-11(14-10)13(17)18-8-9-4-2-1-3-5-9/h1-7,14H,8H2,(H,15,16). The zero-order chi connectivity index (χ0) is 13.0. The molecule has 0 aliphatic rings. The summed E-state index contributed by atoms with van der Waals surface area (Å²) in [5, 5.41) is 8.70. The summed E-state index contributed by atoms with van der Waals surface area (Å²) >= 11 is 0. The van der Waals surface area contributed by atoms with Crippen LogP contribution in [0.4, 0.5) is 0 Å². The Hall–Kier alpha value is -2.56. The molecule has 0 aliphatic heterocycles. The molecule has 0 saturated carbocycles. The molecule has 1 aromatic heterocycles. The number of aromatic carboxylic acids is 1. The first kappa shape index (κ1) is 11.9. The van der Waals surface area contributed by atoms with E-state index in [9.17, 15) is 9.59 Å². The van der Waals surface area contributed by atoms with E-state index in [1.165, 1.54) is 12.1 Å². The van der Waals surface area contributed by atoms with Crippen molar-refractivity contribution < 1.29 is 19.4 Å². The number of hydrogen-bond donors (Lipinski definition) is 2. The van der Waals surface area contributed by atoms with Gasteiger partial charge in [0.1, 0.15) is 18.0 Å². The van der Waals surface area contributed by atoms with Gasteiger partial charge >= 0.3 is 11.9 Å². The number of benzene rings is 1. The molecule has 2 aromatic rings. The third kappa shape index (κ3) is 2.76. The van der Waals surface area contributed by atoms with Crippen molar-refractivity contribution >= 4 is 11.9 Å². The number of aromatic nitrogens is 1. The van der Waals surface area contributed by atoms with E-state index in [0.717, 1.165) is 5.56 Å². The molecule has 18 heavy (non-hydrogen) atoms. The molecular formula is C13H11NO4. The molecule has 0 bridgehead atoms. The van der Waals surface area contributed by atoms with Crippen LogP contribution in [0.2, 0.25) is 0 Å². The summed E-state index contributed by atoms with van der Waals surface area (Å²) in [5.74, 6) is -1.69. The number of hydrogen-bond acceptors (Lipinski definition) is 3. The molecule has 0 saturated heterocycles. The number of nitrogens with one attached hydrogen (secondary N) is 1. The lowest BCUT2D eigenvalue weighted by molar-refractivity contribution is 0.0466. The molecule has 0 fully saturated rings. The van der Waals surface area contributed by atoms with E-state index in [1.54, 1.807) is 0 Å². The van der Waals surface area contributed by atoms with Gasteiger partial charge in [0.2, 0.25) is 0 Å². The second kappa shape index (κ2) is 5.18. The van der Waals surface area contributed by atoms with Crippen molar-refractivity contribution in [3.63, 3.8) is 0 Å². The van der Waals surface area contributed by atoms with Crippen LogP contribution in [0.3, 0.4) is 0 Å². The van der Waals surface area contributed by atoms with Crippen molar-refractivity contribution in [2.75, 3.05) is 0 Å². The molecular weight excluding hydrogens is 234 g/mol. The van der Waals surface area contributed by atoms with Gasteiger partial charge in [-0.05, 0) is 17.7 Å². The molecule has 0 spiro atoms. The monoisotopic (exact) mass is 245 g/mol. The fourth-order valence-electron chi connectivity index (χ4n) is 1.44. The number of carboxylic acid groups (broad SMARTS) is 1. The first-order chi connectivity index (χ1) is 8.66. The predicted octanol–water partition coefficient (Wildman–Crippen LogP) is 2.07. The summed E-state index contributed by atoms with van der Waals surface area (Å²) in [6, 6.07) is 11.9. The molecule has 0 atom stereocenters. The van der Waals surface area contributed by atoms with Gasteiger partial charge in [-0.1, -0.05) is 30.3 Å². The molecule has 92 valence electrons. The van der Waals surface area contributed by atoms with Crippen LogP contribution in [0.5, 0.6) is 0 Å². The molecule has 0 amide bonds. The average Bonchev–Trinajstić information content (AvgIpc) is 2.87. The van der Waals surface area contributed by atoms with Crippen LogP contribution in [0.25, 0.3) is 0 Å². The van der Waals surface area contributed by atoms with Gasteiger partial charge in [-0.15, -0.1) is 0 Å². The molecule has 2 N–H and O–H groups in total. The van der Waals surface area contributed by atoms with Crippen molar-refractivity contribution in [3.8, 4) is 0 Å². The normalized spacial score (nSPS) is 10.0. The summed E-state index contributed by atoms with van der Waals surface area (Å²) in [5.41, 5.74) is 0.959. The molecule has 0 radical (unpaired) electrons. The van der Waals surface area contributed by atoms with Crippen molar-refractivity contribution in [1.82, 2.24) is 4.98 Å². The first-order valence-corrected chi connectivity index (χ1v) is 5.30. The van der Waals surface area contributed by atoms with Gasteiger partial charge in [-0.2, -0.15) is 0 Å². The summed E-state index contributed by atoms with van der Waals surface area (Å²) in [7, 11) is 0. The van der Waals surface area contributed by atoms with E-state index in [0.29, 0.717) is 0 Å². The Balaban J connectivity index is 1.97. The Morgan fingerprint density at radius 2 is 1.72 bits per heavy atom. The molecule has 5 heteroatoms. The predicted molar refractivity (Wildman–Crippen MR) is 63.3 cm³/mol. The van der Waals surface area contributed by atoms with Crippen LogP contribution in [-0.2, 0) is 11.3 Å². The second-order valence-electron chi connectivity index (χ2n) is 3.65. The minimum atomic E-state index is -1.11. The highest BCUT2D eigenvalue weighted by molar-refractivity contribution is 5.91. The summed E-state index contributed by atoms with van der Waals surface area (Å²) in [6.07, 6.45) is 0. The molecule has 2 rings (SSSR count). The minimum absolute atomic E-state index is 0.0401. The number of carbonyl (C=O) groups excluding carboxylic acids is 1. The largest absolute Gasteiger partial charge is 0.477 e. The number of carboxylic acids is 1. The Morgan fingerprint density at radius 3 is 2.33 bits per heavy atom. The Labute approximate surface area is 103 Å². The molecule has 0 unspecified atom stereocenters. The van der Waals surface area contributed by atoms with Gasteiger partial charge in [0.25, 0.3) is 0 Å². The summed E-state index contributed by atoms with van der Waals surface area (Å²) in [4.78, 5) is 24.7. The summed E-state index contributed by atoms with van der Waals surface area (Å²) in [6.45, 7) is 0.154. The van der Waals surface area contributed by atoms with Crippen LogP contribution in [0, 0.1) is 0 Å². The Morgan fingerprint density at radius 1 is 1.06 bits per heavy atom. The minimum Gasteiger partial charge on any atom is -0.477 e. The molecule has 1 aromatic carbocycles. The van der Waals surface area contributed by atoms with Gasteiger partial charge < -0.3 is 14.8 Å². The SMILES string of the molecule is O=C(O)c1ccc(C(=O)OCc2ccccc2)[nH]1. The molecule has 1 heterocycles. The van der Waals surface area contributed by atoms with Gasteiger partial charge in [0.15, 0.2) is 0 Å². The fraction of sp³-hybridized carbons (Fsp3) is 0.0769. The van der Waals surface area contributed by atoms with E-state index in [-0.39, 0.29) is 18.0 Å². The van der Waals surface area contributed by atoms with Gasteiger partial charge in [-0.25, -0.2) is 9.59 Å². The molecule has 0 aliphatic carbocycles. The third-order valence-corrected chi connectivity index (χ3v) is 2.35. The second-order valence-corrected chi connectivity index (χ2v) is 3.65. The zero-order valence-corrected chi connectivity index (χ0v) is 9.42. The lowest BCUT2D eigenvalue weighted by Crippen LogP contribution is -2.06. The first-order valence-electron chi connectivity index (χ1n) is 5.30. The fourth-order valence-corrected chi connectivity index (χ4v) is 1.44. The van der Waals surface area contributed by atoms with Crippen LogP contribution >= 0.6 is 0 Å². The molecule has 5 nitrogen and oxygen atoms in total. The van der Waals surface area contributed by atoms with Crippen molar-refractivity contribution in [1.29, 1.82) is 0 Å². The lowest BCUT2D eigenvalue weighted by atomic mass is 10.2. The quantitative estimate of drug-likeness (QED) is 0.808. The summed E-state index contributed by atoms with van der Waals surface area (Å²) < 4.78 is 5.04. The van der Waals surface area contributed by atoms with E-state index >= 15 is 0 Å². The average molecular weight is 245 g/mol. The zero-order valence-electron chi connectivity index (χ0n) is 9.42. The Kier molecular flexibility index (Phi) is 3.43. The van der Waals surface area contributed by atoms with Crippen LogP contribution < -0.4 is 0 Å². The highest BCUT2D eigenvalue weighted by atomic mass is 16.5. The van der Waals surface area contributed by atoms with E-state index in [4.69, 9.17) is 9.84 Å². The number of carbonyl (C=O) groups is 2. The number of aromatic amines is 1. The van der Waals surface area contributed by atoms with Gasteiger partial charge in [0, 0.05) is 0 Å². The van der Waals surface area contributed by atoms with Crippen LogP contribution in [-0.4, -0.2) is 22.0 Å². The van der Waals surface area contributed by atoms with Crippen LogP contribution in [0.15, 0.2) is 42.5 Å². The lowest BCUT2D eigenvalue weighted by Gasteiger charge is -2.03. The van der Waals surface area contributed by atoms with Crippen LogP contribution in [0.1, 0.15) is 26.5 Å². The number of esters is 1. The van der Waals surface area contributed by atoms with E-state index in [2.05, 4.69) is 4.98 Å². The number of ether oxygens (including phenoxy) is 1. The van der Waals surface area contributed by atoms with Gasteiger partial charge in [-0.3, -0.25) is 0 Å². The maximum Gasteiger partial charge on any atom is 0.355 e. The van der Waals surface area contributed by atoms with E-state index in [1.807, 2.05) is 30.3 Å². The van der Waals surface area contributed by atoms with Crippen molar-refractivity contribution in [2.24, 2.45) is 0 Å². The third-order valence-electron chi connectivity index (χ3n) is 2.35. The van der Waals surface area contributed by atoms with Crippen molar-refractivity contribution in [2.45, 2.75) is 6.61 Å². The maximum absolute atomic E-state index is 11.6. The topological polar surface area (TPSA) is 79.4 Å².